The molecule has 2 heterocycles. The first-order valence-corrected chi connectivity index (χ1v) is 6.44. The molecule has 5 heteroatoms. The normalized spacial score (nSPS) is 12.1. The minimum Gasteiger partial charge on any atom is -0.376 e. The molecule has 0 aliphatic carbocycles. The Hall–Kier alpha value is -2.69. The number of aromatic nitrogens is 4. The summed E-state index contributed by atoms with van der Waals surface area (Å²) in [5.74, 6) is 0. The highest BCUT2D eigenvalue weighted by Crippen LogP contribution is 2.18. The van der Waals surface area contributed by atoms with E-state index in [9.17, 15) is 0 Å². The quantitative estimate of drug-likeness (QED) is 0.788. The minimum absolute atomic E-state index is 0.137. The van der Waals surface area contributed by atoms with Crippen LogP contribution < -0.4 is 5.32 Å². The van der Waals surface area contributed by atoms with Crippen molar-refractivity contribution in [1.29, 1.82) is 0 Å². The lowest BCUT2D eigenvalue weighted by Gasteiger charge is -2.12. The van der Waals surface area contributed by atoms with Crippen molar-refractivity contribution in [3.63, 3.8) is 0 Å². The highest BCUT2D eigenvalue weighted by Gasteiger charge is 2.09. The molecule has 20 heavy (non-hydrogen) atoms. The summed E-state index contributed by atoms with van der Waals surface area (Å²) in [6.45, 7) is 2.08. The van der Waals surface area contributed by atoms with Gasteiger partial charge in [-0.3, -0.25) is 0 Å². The second-order valence-corrected chi connectivity index (χ2v) is 4.55. The molecule has 0 saturated carbocycles. The van der Waals surface area contributed by atoms with Gasteiger partial charge in [0.25, 0.3) is 0 Å². The van der Waals surface area contributed by atoms with Crippen molar-refractivity contribution in [1.82, 2.24) is 19.7 Å². The average molecular weight is 265 g/mol. The van der Waals surface area contributed by atoms with E-state index < -0.39 is 0 Å². The Labute approximate surface area is 117 Å². The predicted molar refractivity (Wildman–Crippen MR) is 77.6 cm³/mol. The van der Waals surface area contributed by atoms with Crippen molar-refractivity contribution in [3.8, 4) is 5.69 Å². The van der Waals surface area contributed by atoms with E-state index in [1.54, 1.807) is 12.4 Å². The van der Waals surface area contributed by atoms with E-state index >= 15 is 0 Å². The molecule has 1 unspecified atom stereocenters. The van der Waals surface area contributed by atoms with E-state index in [1.165, 1.54) is 6.33 Å². The van der Waals surface area contributed by atoms with Crippen LogP contribution in [0.1, 0.15) is 18.5 Å². The van der Waals surface area contributed by atoms with Gasteiger partial charge in [-0.2, -0.15) is 5.10 Å². The number of rotatable bonds is 4. The van der Waals surface area contributed by atoms with Gasteiger partial charge in [-0.25, -0.2) is 14.6 Å². The van der Waals surface area contributed by atoms with Gasteiger partial charge in [0.05, 0.1) is 36.0 Å². The van der Waals surface area contributed by atoms with Crippen molar-refractivity contribution in [3.05, 3.63) is 67.0 Å². The Morgan fingerprint density at radius 3 is 2.55 bits per heavy atom. The fraction of sp³-hybridized carbons (Fsp3) is 0.133. The third kappa shape index (κ3) is 2.66. The van der Waals surface area contributed by atoms with Crippen LogP contribution in [0.2, 0.25) is 0 Å². The Morgan fingerprint density at radius 1 is 1.05 bits per heavy atom. The van der Waals surface area contributed by atoms with Crippen molar-refractivity contribution >= 4 is 5.69 Å². The molecular weight excluding hydrogens is 250 g/mol. The molecule has 100 valence electrons. The molecule has 0 aliphatic rings. The third-order valence-electron chi connectivity index (χ3n) is 3.07. The van der Waals surface area contributed by atoms with E-state index in [0.29, 0.717) is 0 Å². The molecule has 0 saturated heterocycles. The Morgan fingerprint density at radius 2 is 1.80 bits per heavy atom. The smallest absolute Gasteiger partial charge is 0.115 e. The van der Waals surface area contributed by atoms with Crippen LogP contribution in [0.15, 0.2) is 61.4 Å². The summed E-state index contributed by atoms with van der Waals surface area (Å²) in [7, 11) is 0. The molecule has 1 aromatic carbocycles. The van der Waals surface area contributed by atoms with Gasteiger partial charge in [0, 0.05) is 11.8 Å². The number of anilines is 1. The molecule has 1 atom stereocenters. The van der Waals surface area contributed by atoms with Crippen molar-refractivity contribution < 1.29 is 0 Å². The lowest BCUT2D eigenvalue weighted by atomic mass is 10.2. The molecule has 0 radical (unpaired) electrons. The molecule has 1 N–H and O–H groups in total. The first kappa shape index (κ1) is 12.3. The van der Waals surface area contributed by atoms with Crippen LogP contribution in [0, 0.1) is 0 Å². The minimum atomic E-state index is 0.137. The maximum atomic E-state index is 4.39. The summed E-state index contributed by atoms with van der Waals surface area (Å²) >= 11 is 0. The van der Waals surface area contributed by atoms with E-state index in [-0.39, 0.29) is 6.04 Å². The van der Waals surface area contributed by atoms with Crippen LogP contribution in [0.3, 0.4) is 0 Å². The van der Waals surface area contributed by atoms with Crippen LogP contribution >= 0.6 is 0 Å². The van der Waals surface area contributed by atoms with E-state index in [1.807, 2.05) is 47.4 Å². The fourth-order valence-electron chi connectivity index (χ4n) is 1.99. The molecule has 0 spiro atoms. The van der Waals surface area contributed by atoms with Gasteiger partial charge in [-0.05, 0) is 19.1 Å². The monoisotopic (exact) mass is 265 g/mol. The van der Waals surface area contributed by atoms with Crippen molar-refractivity contribution in [2.45, 2.75) is 13.0 Å². The number of para-hydroxylation sites is 1. The molecule has 0 amide bonds. The summed E-state index contributed by atoms with van der Waals surface area (Å²) in [4.78, 5) is 7.98. The number of benzene rings is 1. The van der Waals surface area contributed by atoms with Gasteiger partial charge in [0.1, 0.15) is 6.33 Å². The van der Waals surface area contributed by atoms with Gasteiger partial charge in [0.15, 0.2) is 0 Å². The zero-order valence-electron chi connectivity index (χ0n) is 11.1. The molecule has 0 fully saturated rings. The van der Waals surface area contributed by atoms with Crippen LogP contribution in [0.5, 0.6) is 0 Å². The number of hydrogen-bond acceptors (Lipinski definition) is 4. The first-order valence-electron chi connectivity index (χ1n) is 6.44. The summed E-state index contributed by atoms with van der Waals surface area (Å²) in [5.41, 5.74) is 3.05. The van der Waals surface area contributed by atoms with E-state index in [0.717, 1.165) is 16.9 Å². The molecule has 0 aliphatic heterocycles. The topological polar surface area (TPSA) is 55.6 Å². The molecule has 3 aromatic rings. The lowest BCUT2D eigenvalue weighted by Crippen LogP contribution is -2.06. The van der Waals surface area contributed by atoms with Crippen molar-refractivity contribution in [2.24, 2.45) is 0 Å². The standard InChI is InChI=1S/C15H15N5/c1-12(19-14-8-16-11-17-9-14)13-7-18-20(10-13)15-5-3-2-4-6-15/h2-12,19H,1H3. The second kappa shape index (κ2) is 5.52. The molecule has 5 nitrogen and oxygen atoms in total. The molecule has 2 aromatic heterocycles. The predicted octanol–water partition coefficient (Wildman–Crippen LogP) is 2.84. The summed E-state index contributed by atoms with van der Waals surface area (Å²) < 4.78 is 1.87. The summed E-state index contributed by atoms with van der Waals surface area (Å²) in [6.07, 6.45) is 8.92. The number of hydrogen-bond donors (Lipinski definition) is 1. The van der Waals surface area contributed by atoms with E-state index in [4.69, 9.17) is 0 Å². The van der Waals surface area contributed by atoms with Crippen LogP contribution in [0.4, 0.5) is 5.69 Å². The van der Waals surface area contributed by atoms with Crippen molar-refractivity contribution in [2.75, 3.05) is 5.32 Å². The lowest BCUT2D eigenvalue weighted by molar-refractivity contribution is 0.866. The van der Waals surface area contributed by atoms with Gasteiger partial charge in [-0.1, -0.05) is 18.2 Å². The average Bonchev–Trinajstić information content (AvgIpc) is 2.99. The van der Waals surface area contributed by atoms with Gasteiger partial charge < -0.3 is 5.32 Å². The first-order chi connectivity index (χ1) is 9.83. The fourth-order valence-corrected chi connectivity index (χ4v) is 1.99. The Kier molecular flexibility index (Phi) is 3.41. The highest BCUT2D eigenvalue weighted by atomic mass is 15.3. The summed E-state index contributed by atoms with van der Waals surface area (Å²) in [6, 6.07) is 10.2. The Bertz CT molecular complexity index is 663. The van der Waals surface area contributed by atoms with Crippen LogP contribution in [0.25, 0.3) is 5.69 Å². The number of nitrogens with one attached hydrogen (secondary N) is 1. The zero-order chi connectivity index (χ0) is 13.8. The summed E-state index contributed by atoms with van der Waals surface area (Å²) in [5, 5.41) is 7.74. The second-order valence-electron chi connectivity index (χ2n) is 4.55. The van der Waals surface area contributed by atoms with Gasteiger partial charge >= 0.3 is 0 Å². The zero-order valence-corrected chi connectivity index (χ0v) is 11.1. The SMILES string of the molecule is CC(Nc1cncnc1)c1cnn(-c2ccccc2)c1. The highest BCUT2D eigenvalue weighted by molar-refractivity contribution is 5.40. The van der Waals surface area contributed by atoms with Crippen LogP contribution in [-0.4, -0.2) is 19.7 Å². The van der Waals surface area contributed by atoms with Gasteiger partial charge in [0.2, 0.25) is 0 Å². The van der Waals surface area contributed by atoms with E-state index in [2.05, 4.69) is 27.3 Å². The van der Waals surface area contributed by atoms with Crippen LogP contribution in [-0.2, 0) is 0 Å². The third-order valence-corrected chi connectivity index (χ3v) is 3.07. The maximum Gasteiger partial charge on any atom is 0.115 e. The molecule has 0 bridgehead atoms. The maximum absolute atomic E-state index is 4.39. The Balaban J connectivity index is 1.77. The molecular formula is C15H15N5. The molecule has 3 rings (SSSR count). The number of nitrogens with zero attached hydrogens (tertiary/aromatic N) is 4. The largest absolute Gasteiger partial charge is 0.376 e. The van der Waals surface area contributed by atoms with Gasteiger partial charge in [-0.15, -0.1) is 0 Å².